The highest BCUT2D eigenvalue weighted by molar-refractivity contribution is 5.79. The normalized spacial score (nSPS) is 11.3. The zero-order valence-electron chi connectivity index (χ0n) is 22.7. The third-order valence-electron chi connectivity index (χ3n) is 6.85. The van der Waals surface area contributed by atoms with Gasteiger partial charge in [0.2, 0.25) is 0 Å². The molecule has 0 aliphatic carbocycles. The van der Waals surface area contributed by atoms with Gasteiger partial charge in [-0.1, -0.05) is 29.8 Å². The van der Waals surface area contributed by atoms with Crippen molar-refractivity contribution in [2.75, 3.05) is 20.8 Å². The van der Waals surface area contributed by atoms with E-state index in [0.717, 1.165) is 27.6 Å². The Kier molecular flexibility index (Phi) is 8.16. The molecule has 40 heavy (non-hydrogen) atoms. The summed E-state index contributed by atoms with van der Waals surface area (Å²) in [6, 6.07) is 20.0. The fraction of sp³-hybridized carbons (Fsp3) is 0.267. The van der Waals surface area contributed by atoms with Crippen molar-refractivity contribution in [3.05, 3.63) is 111 Å². The molecule has 9 nitrogen and oxygen atoms in total. The molecule has 10 heteroatoms. The Morgan fingerprint density at radius 3 is 2.48 bits per heavy atom. The molecule has 0 aliphatic rings. The molecule has 5 rings (SSSR count). The second-order valence-electron chi connectivity index (χ2n) is 9.74. The zero-order valence-corrected chi connectivity index (χ0v) is 22.7. The molecular formula is C30H31FN6O3. The molecule has 0 fully saturated rings. The summed E-state index contributed by atoms with van der Waals surface area (Å²) in [6.07, 6.45) is 0.699. The second-order valence-corrected chi connectivity index (χ2v) is 9.74. The number of ether oxygens (including phenoxy) is 2. The van der Waals surface area contributed by atoms with Crippen LogP contribution in [0.5, 0.6) is 11.5 Å². The number of fused-ring (bicyclic) bond motifs is 1. The molecule has 0 spiro atoms. The molecule has 3 aromatic carbocycles. The first kappa shape index (κ1) is 27.0. The molecule has 1 N–H and O–H groups in total. The Balaban J connectivity index is 1.41. The minimum atomic E-state index is -0.294. The SMILES string of the molecule is COc1ccc(CCN(Cc2cc3cc(C)ccc3[nH]c2=O)Cc2nnnn2Cc2ccc(F)cc2)cc1OC. The van der Waals surface area contributed by atoms with E-state index in [4.69, 9.17) is 9.47 Å². The van der Waals surface area contributed by atoms with Crippen LogP contribution in [0.1, 0.15) is 28.1 Å². The van der Waals surface area contributed by atoms with Crippen LogP contribution in [0.25, 0.3) is 10.9 Å². The van der Waals surface area contributed by atoms with E-state index in [-0.39, 0.29) is 11.4 Å². The molecule has 0 aliphatic heterocycles. The molecule has 2 aromatic heterocycles. The maximum atomic E-state index is 13.4. The number of hydrogen-bond acceptors (Lipinski definition) is 7. The number of nitrogens with zero attached hydrogens (tertiary/aromatic N) is 5. The minimum Gasteiger partial charge on any atom is -0.493 e. The lowest BCUT2D eigenvalue weighted by Crippen LogP contribution is -2.30. The van der Waals surface area contributed by atoms with Gasteiger partial charge in [-0.15, -0.1) is 5.10 Å². The molecule has 0 bridgehead atoms. The number of tetrazole rings is 1. The summed E-state index contributed by atoms with van der Waals surface area (Å²) in [4.78, 5) is 18.2. The Labute approximate surface area is 231 Å². The number of H-pyrrole nitrogens is 1. The fourth-order valence-corrected chi connectivity index (χ4v) is 4.69. The van der Waals surface area contributed by atoms with E-state index in [2.05, 4.69) is 31.5 Å². The Morgan fingerprint density at radius 1 is 0.925 bits per heavy atom. The third-order valence-corrected chi connectivity index (χ3v) is 6.85. The van der Waals surface area contributed by atoms with Crippen LogP contribution in [-0.4, -0.2) is 50.9 Å². The summed E-state index contributed by atoms with van der Waals surface area (Å²) < 4.78 is 25.9. The zero-order chi connectivity index (χ0) is 28.1. The fourth-order valence-electron chi connectivity index (χ4n) is 4.69. The number of aromatic nitrogens is 5. The quantitative estimate of drug-likeness (QED) is 0.266. The summed E-state index contributed by atoms with van der Waals surface area (Å²) in [5, 5.41) is 13.3. The van der Waals surface area contributed by atoms with E-state index in [1.54, 1.807) is 31.0 Å². The van der Waals surface area contributed by atoms with Crippen molar-refractivity contribution in [3.8, 4) is 11.5 Å². The number of halogens is 1. The van der Waals surface area contributed by atoms with Gasteiger partial charge in [-0.25, -0.2) is 9.07 Å². The topological polar surface area (TPSA) is 98.2 Å². The number of aromatic amines is 1. The molecule has 0 radical (unpaired) electrons. The molecular weight excluding hydrogens is 511 g/mol. The van der Waals surface area contributed by atoms with Crippen molar-refractivity contribution in [1.82, 2.24) is 30.1 Å². The third kappa shape index (κ3) is 6.35. The molecule has 0 unspecified atom stereocenters. The number of hydrogen-bond donors (Lipinski definition) is 1. The summed E-state index contributed by atoms with van der Waals surface area (Å²) >= 11 is 0. The summed E-state index contributed by atoms with van der Waals surface area (Å²) in [5.41, 5.74) is 4.40. The van der Waals surface area contributed by atoms with Crippen molar-refractivity contribution < 1.29 is 13.9 Å². The number of methoxy groups -OCH3 is 2. The van der Waals surface area contributed by atoms with E-state index < -0.39 is 0 Å². The number of rotatable bonds is 11. The maximum Gasteiger partial charge on any atom is 0.252 e. The van der Waals surface area contributed by atoms with E-state index in [1.807, 2.05) is 43.3 Å². The monoisotopic (exact) mass is 542 g/mol. The Bertz CT molecular complexity index is 1660. The summed E-state index contributed by atoms with van der Waals surface area (Å²) in [5.74, 6) is 1.68. The summed E-state index contributed by atoms with van der Waals surface area (Å²) in [7, 11) is 3.22. The lowest BCUT2D eigenvalue weighted by atomic mass is 10.1. The molecule has 0 atom stereocenters. The molecule has 0 saturated carbocycles. The van der Waals surface area contributed by atoms with Gasteiger partial charge in [0.05, 0.1) is 27.3 Å². The lowest BCUT2D eigenvalue weighted by molar-refractivity contribution is 0.247. The first-order chi connectivity index (χ1) is 19.4. The second kappa shape index (κ2) is 12.1. The van der Waals surface area contributed by atoms with Crippen molar-refractivity contribution in [2.24, 2.45) is 0 Å². The predicted molar refractivity (Wildman–Crippen MR) is 150 cm³/mol. The minimum absolute atomic E-state index is 0.127. The molecule has 5 aromatic rings. The van der Waals surface area contributed by atoms with E-state index in [0.29, 0.717) is 55.5 Å². The van der Waals surface area contributed by atoms with Gasteiger partial charge in [0, 0.05) is 24.2 Å². The first-order valence-corrected chi connectivity index (χ1v) is 13.0. The van der Waals surface area contributed by atoms with Crippen molar-refractivity contribution in [2.45, 2.75) is 33.0 Å². The van der Waals surface area contributed by atoms with Gasteiger partial charge in [0.15, 0.2) is 17.3 Å². The van der Waals surface area contributed by atoms with E-state index >= 15 is 0 Å². The van der Waals surface area contributed by atoms with E-state index in [9.17, 15) is 9.18 Å². The van der Waals surface area contributed by atoms with Crippen molar-refractivity contribution >= 4 is 10.9 Å². The number of aryl methyl sites for hydroxylation is 1. The van der Waals surface area contributed by atoms with Crippen LogP contribution in [0.2, 0.25) is 0 Å². The smallest absolute Gasteiger partial charge is 0.252 e. The van der Waals surface area contributed by atoms with Gasteiger partial charge >= 0.3 is 0 Å². The van der Waals surface area contributed by atoms with Crippen LogP contribution < -0.4 is 15.0 Å². The van der Waals surface area contributed by atoms with Gasteiger partial charge in [-0.05, 0) is 82.7 Å². The van der Waals surface area contributed by atoms with Crippen LogP contribution in [0.4, 0.5) is 4.39 Å². The first-order valence-electron chi connectivity index (χ1n) is 13.0. The number of nitrogens with one attached hydrogen (secondary N) is 1. The van der Waals surface area contributed by atoms with Gasteiger partial charge in [-0.3, -0.25) is 9.69 Å². The van der Waals surface area contributed by atoms with Gasteiger partial charge < -0.3 is 14.5 Å². The summed E-state index contributed by atoms with van der Waals surface area (Å²) in [6.45, 7) is 3.87. The van der Waals surface area contributed by atoms with Crippen LogP contribution in [0, 0.1) is 12.7 Å². The van der Waals surface area contributed by atoms with E-state index in [1.165, 1.54) is 12.1 Å². The number of pyridine rings is 1. The van der Waals surface area contributed by atoms with Gasteiger partial charge in [-0.2, -0.15) is 0 Å². The Morgan fingerprint density at radius 2 is 1.70 bits per heavy atom. The Hall–Kier alpha value is -4.57. The molecule has 0 amide bonds. The van der Waals surface area contributed by atoms with Crippen LogP contribution in [-0.2, 0) is 26.1 Å². The highest BCUT2D eigenvalue weighted by Gasteiger charge is 2.16. The number of benzene rings is 3. The van der Waals surface area contributed by atoms with Crippen LogP contribution >= 0.6 is 0 Å². The highest BCUT2D eigenvalue weighted by atomic mass is 19.1. The van der Waals surface area contributed by atoms with Crippen LogP contribution in [0.15, 0.2) is 71.5 Å². The molecule has 2 heterocycles. The van der Waals surface area contributed by atoms with Crippen LogP contribution in [0.3, 0.4) is 0 Å². The van der Waals surface area contributed by atoms with Crippen molar-refractivity contribution in [1.29, 1.82) is 0 Å². The van der Waals surface area contributed by atoms with Crippen molar-refractivity contribution in [3.63, 3.8) is 0 Å². The maximum absolute atomic E-state index is 13.4. The average molecular weight is 543 g/mol. The highest BCUT2D eigenvalue weighted by Crippen LogP contribution is 2.28. The largest absolute Gasteiger partial charge is 0.493 e. The standard InChI is InChI=1S/C30H31FN6O3/c1-20-4-10-26-23(14-20)16-24(30(38)32-26)18-36(13-12-21-7-11-27(39-2)28(15-21)40-3)19-29-33-34-35-37(29)17-22-5-8-25(31)9-6-22/h4-11,14-16H,12-13,17-19H2,1-3H3,(H,32,38). The average Bonchev–Trinajstić information content (AvgIpc) is 3.39. The van der Waals surface area contributed by atoms with Gasteiger partial charge in [0.1, 0.15) is 5.82 Å². The van der Waals surface area contributed by atoms with Gasteiger partial charge in [0.25, 0.3) is 5.56 Å². The molecule has 206 valence electrons. The predicted octanol–water partition coefficient (Wildman–Crippen LogP) is 4.27. The molecule has 0 saturated heterocycles. The lowest BCUT2D eigenvalue weighted by Gasteiger charge is -2.22.